The van der Waals surface area contributed by atoms with E-state index >= 15 is 0 Å². The Morgan fingerprint density at radius 3 is 2.62 bits per heavy atom. The van der Waals surface area contributed by atoms with Crippen LogP contribution in [0.3, 0.4) is 0 Å². The number of anilines is 1. The zero-order chi connectivity index (χ0) is 14.7. The third kappa shape index (κ3) is 3.02. The highest BCUT2D eigenvalue weighted by Crippen LogP contribution is 2.22. The van der Waals surface area contributed by atoms with Crippen LogP contribution in [0, 0.1) is 0 Å². The van der Waals surface area contributed by atoms with Crippen LogP contribution in [0.25, 0.3) is 5.69 Å². The van der Waals surface area contributed by atoms with Crippen LogP contribution in [0.4, 0.5) is 5.69 Å². The molecule has 0 aliphatic carbocycles. The molecule has 21 heavy (non-hydrogen) atoms. The van der Waals surface area contributed by atoms with Crippen LogP contribution in [-0.4, -0.2) is 19.9 Å². The van der Waals surface area contributed by atoms with E-state index in [1.165, 1.54) is 6.33 Å². The summed E-state index contributed by atoms with van der Waals surface area (Å²) in [4.78, 5) is 3.93. The lowest BCUT2D eigenvalue weighted by atomic mass is 10.1. The summed E-state index contributed by atoms with van der Waals surface area (Å²) in [7, 11) is 0. The first-order valence-electron chi connectivity index (χ1n) is 6.73. The van der Waals surface area contributed by atoms with Gasteiger partial charge in [-0.05, 0) is 48.9 Å². The summed E-state index contributed by atoms with van der Waals surface area (Å²) < 4.78 is 1.71. The maximum absolute atomic E-state index is 9.53. The molecule has 0 aliphatic rings. The van der Waals surface area contributed by atoms with Crippen molar-refractivity contribution in [2.24, 2.45) is 0 Å². The molecule has 0 fully saturated rings. The van der Waals surface area contributed by atoms with E-state index in [1.807, 2.05) is 36.4 Å². The third-order valence-electron chi connectivity index (χ3n) is 3.30. The van der Waals surface area contributed by atoms with Crippen molar-refractivity contribution in [2.75, 3.05) is 5.32 Å². The van der Waals surface area contributed by atoms with Gasteiger partial charge in [-0.2, -0.15) is 5.10 Å². The summed E-state index contributed by atoms with van der Waals surface area (Å²) >= 11 is 0. The highest BCUT2D eigenvalue weighted by atomic mass is 16.3. The molecule has 1 heterocycles. The highest BCUT2D eigenvalue weighted by Gasteiger charge is 2.06. The number of hydrogen-bond acceptors (Lipinski definition) is 4. The third-order valence-corrected chi connectivity index (χ3v) is 3.30. The second-order valence-electron chi connectivity index (χ2n) is 4.85. The highest BCUT2D eigenvalue weighted by molar-refractivity contribution is 5.50. The van der Waals surface area contributed by atoms with Gasteiger partial charge in [0, 0.05) is 11.7 Å². The number of nitrogens with one attached hydrogen (secondary N) is 1. The molecule has 1 unspecified atom stereocenters. The fourth-order valence-corrected chi connectivity index (χ4v) is 2.18. The minimum Gasteiger partial charge on any atom is -0.508 e. The fourth-order valence-electron chi connectivity index (χ4n) is 2.18. The SMILES string of the molecule is CC(Nc1ccc(-n2cncn2)cc1)c1cccc(O)c1. The lowest BCUT2D eigenvalue weighted by Gasteiger charge is -2.16. The van der Waals surface area contributed by atoms with Crippen molar-refractivity contribution < 1.29 is 5.11 Å². The zero-order valence-electron chi connectivity index (χ0n) is 11.6. The Bertz CT molecular complexity index is 707. The van der Waals surface area contributed by atoms with E-state index in [1.54, 1.807) is 23.1 Å². The van der Waals surface area contributed by atoms with Gasteiger partial charge in [-0.25, -0.2) is 9.67 Å². The van der Waals surface area contributed by atoms with E-state index in [9.17, 15) is 5.11 Å². The van der Waals surface area contributed by atoms with E-state index in [0.29, 0.717) is 0 Å². The first kappa shape index (κ1) is 13.2. The quantitative estimate of drug-likeness (QED) is 0.770. The number of phenolic OH excluding ortho intramolecular Hbond substituents is 1. The fraction of sp³-hybridized carbons (Fsp3) is 0.125. The van der Waals surface area contributed by atoms with Crippen molar-refractivity contribution in [3.63, 3.8) is 0 Å². The first-order chi connectivity index (χ1) is 10.2. The molecule has 0 aliphatic heterocycles. The van der Waals surface area contributed by atoms with Crippen molar-refractivity contribution in [3.05, 3.63) is 66.7 Å². The van der Waals surface area contributed by atoms with Crippen molar-refractivity contribution >= 4 is 5.69 Å². The van der Waals surface area contributed by atoms with E-state index < -0.39 is 0 Å². The molecule has 2 aromatic carbocycles. The molecule has 3 rings (SSSR count). The van der Waals surface area contributed by atoms with Gasteiger partial charge in [0.1, 0.15) is 18.4 Å². The number of phenols is 1. The maximum atomic E-state index is 9.53. The van der Waals surface area contributed by atoms with Crippen molar-refractivity contribution in [3.8, 4) is 11.4 Å². The van der Waals surface area contributed by atoms with Gasteiger partial charge in [-0.1, -0.05) is 12.1 Å². The summed E-state index contributed by atoms with van der Waals surface area (Å²) in [5.41, 5.74) is 3.01. The van der Waals surface area contributed by atoms with Gasteiger partial charge >= 0.3 is 0 Å². The molecular formula is C16H16N4O. The molecule has 5 heteroatoms. The van der Waals surface area contributed by atoms with Gasteiger partial charge in [-0.15, -0.1) is 0 Å². The molecule has 5 nitrogen and oxygen atoms in total. The van der Waals surface area contributed by atoms with Crippen LogP contribution in [-0.2, 0) is 0 Å². The van der Waals surface area contributed by atoms with E-state index in [0.717, 1.165) is 16.9 Å². The van der Waals surface area contributed by atoms with Gasteiger partial charge in [0.15, 0.2) is 0 Å². The first-order valence-corrected chi connectivity index (χ1v) is 6.73. The van der Waals surface area contributed by atoms with E-state index in [4.69, 9.17) is 0 Å². The molecule has 0 saturated carbocycles. The summed E-state index contributed by atoms with van der Waals surface area (Å²) in [6, 6.07) is 15.3. The van der Waals surface area contributed by atoms with Gasteiger partial charge in [0.25, 0.3) is 0 Å². The maximum Gasteiger partial charge on any atom is 0.138 e. The summed E-state index contributed by atoms with van der Waals surface area (Å²) in [6.45, 7) is 2.06. The second-order valence-corrected chi connectivity index (χ2v) is 4.85. The van der Waals surface area contributed by atoms with Crippen LogP contribution in [0.15, 0.2) is 61.2 Å². The lowest BCUT2D eigenvalue weighted by molar-refractivity contribution is 0.474. The molecule has 0 saturated heterocycles. The number of rotatable bonds is 4. The normalized spacial score (nSPS) is 12.0. The molecule has 0 amide bonds. The van der Waals surface area contributed by atoms with Crippen LogP contribution in [0.1, 0.15) is 18.5 Å². The Morgan fingerprint density at radius 1 is 1.14 bits per heavy atom. The van der Waals surface area contributed by atoms with Crippen molar-refractivity contribution in [1.82, 2.24) is 14.8 Å². The summed E-state index contributed by atoms with van der Waals surface area (Å²) in [6.07, 6.45) is 3.17. The Balaban J connectivity index is 1.73. The summed E-state index contributed by atoms with van der Waals surface area (Å²) in [5, 5.41) is 17.0. The Hall–Kier alpha value is -2.82. The Kier molecular flexibility index (Phi) is 3.55. The van der Waals surface area contributed by atoms with Crippen LogP contribution in [0.2, 0.25) is 0 Å². The largest absolute Gasteiger partial charge is 0.508 e. The van der Waals surface area contributed by atoms with Crippen LogP contribution >= 0.6 is 0 Å². The monoisotopic (exact) mass is 280 g/mol. The van der Waals surface area contributed by atoms with E-state index in [2.05, 4.69) is 22.3 Å². The molecule has 1 aromatic heterocycles. The van der Waals surface area contributed by atoms with Gasteiger partial charge < -0.3 is 10.4 Å². The average molecular weight is 280 g/mol. The topological polar surface area (TPSA) is 63.0 Å². The van der Waals surface area contributed by atoms with Gasteiger partial charge in [0.2, 0.25) is 0 Å². The number of nitrogens with zero attached hydrogens (tertiary/aromatic N) is 3. The van der Waals surface area contributed by atoms with Crippen LogP contribution in [0.5, 0.6) is 5.75 Å². The molecule has 106 valence electrons. The molecule has 0 radical (unpaired) electrons. The number of benzene rings is 2. The Morgan fingerprint density at radius 2 is 1.95 bits per heavy atom. The van der Waals surface area contributed by atoms with Gasteiger partial charge in [0.05, 0.1) is 5.69 Å². The zero-order valence-corrected chi connectivity index (χ0v) is 11.6. The summed E-state index contributed by atoms with van der Waals surface area (Å²) in [5.74, 6) is 0.280. The number of aromatic nitrogens is 3. The van der Waals surface area contributed by atoms with Crippen molar-refractivity contribution in [1.29, 1.82) is 0 Å². The standard InChI is InChI=1S/C16H16N4O/c1-12(13-3-2-4-16(21)9-13)19-14-5-7-15(8-6-14)20-11-17-10-18-20/h2-12,19,21H,1H3. The van der Waals surface area contributed by atoms with Crippen molar-refractivity contribution in [2.45, 2.75) is 13.0 Å². The minimum atomic E-state index is 0.106. The number of hydrogen-bond donors (Lipinski definition) is 2. The number of aromatic hydroxyl groups is 1. The minimum absolute atomic E-state index is 0.106. The molecular weight excluding hydrogens is 264 g/mol. The molecule has 3 aromatic rings. The lowest BCUT2D eigenvalue weighted by Crippen LogP contribution is -2.06. The molecule has 0 spiro atoms. The average Bonchev–Trinajstić information content (AvgIpc) is 3.02. The van der Waals surface area contributed by atoms with E-state index in [-0.39, 0.29) is 11.8 Å². The van der Waals surface area contributed by atoms with Crippen LogP contribution < -0.4 is 5.32 Å². The Labute approximate surface area is 122 Å². The molecule has 0 bridgehead atoms. The smallest absolute Gasteiger partial charge is 0.138 e. The predicted molar refractivity (Wildman–Crippen MR) is 81.5 cm³/mol. The molecule has 1 atom stereocenters. The molecule has 2 N–H and O–H groups in total. The second kappa shape index (κ2) is 5.66. The predicted octanol–water partition coefficient (Wildman–Crippen LogP) is 3.15. The van der Waals surface area contributed by atoms with Gasteiger partial charge in [-0.3, -0.25) is 0 Å².